The molecule has 0 saturated heterocycles. The highest BCUT2D eigenvalue weighted by Crippen LogP contribution is 2.32. The maximum Gasteiger partial charge on any atom is 0.283 e. The van der Waals surface area contributed by atoms with E-state index in [9.17, 15) is 14.4 Å². The van der Waals surface area contributed by atoms with Crippen LogP contribution in [0.2, 0.25) is 0 Å². The molecule has 2 heterocycles. The molecule has 2 N–H and O–H groups in total. The Hall–Kier alpha value is -3.49. The Labute approximate surface area is 193 Å². The molecule has 1 aliphatic heterocycles. The number of nitrogens with one attached hydrogen (secondary N) is 2. The smallest absolute Gasteiger partial charge is 0.283 e. The highest BCUT2D eigenvalue weighted by molar-refractivity contribution is 7.13. The third-order valence-electron chi connectivity index (χ3n) is 4.88. The van der Waals surface area contributed by atoms with E-state index in [0.29, 0.717) is 22.1 Å². The van der Waals surface area contributed by atoms with Gasteiger partial charge in [-0.25, -0.2) is 9.88 Å². The Kier molecular flexibility index (Phi) is 5.82. The topological polar surface area (TPSA) is 91.4 Å². The van der Waals surface area contributed by atoms with Gasteiger partial charge in [0.15, 0.2) is 5.13 Å². The quantitative estimate of drug-likeness (QED) is 0.529. The van der Waals surface area contributed by atoms with Crippen molar-refractivity contribution < 1.29 is 14.4 Å². The van der Waals surface area contributed by atoms with Gasteiger partial charge in [0.2, 0.25) is 0 Å². The van der Waals surface area contributed by atoms with E-state index in [1.807, 2.05) is 38.3 Å². The van der Waals surface area contributed by atoms with Crippen molar-refractivity contribution in [1.29, 1.82) is 0 Å². The van der Waals surface area contributed by atoms with Crippen LogP contribution in [0.4, 0.5) is 16.5 Å². The van der Waals surface area contributed by atoms with E-state index < -0.39 is 11.8 Å². The van der Waals surface area contributed by atoms with Crippen molar-refractivity contribution in [2.45, 2.75) is 20.8 Å². The first-order chi connectivity index (χ1) is 15.2. The number of aromatic nitrogens is 1. The minimum absolute atomic E-state index is 0.00731. The van der Waals surface area contributed by atoms with Crippen molar-refractivity contribution in [2.75, 3.05) is 15.5 Å². The molecule has 9 heteroatoms. The van der Waals surface area contributed by atoms with Crippen LogP contribution < -0.4 is 15.5 Å². The van der Waals surface area contributed by atoms with Crippen LogP contribution in [-0.2, 0) is 9.59 Å². The number of hydrogen-bond acceptors (Lipinski definition) is 6. The zero-order chi connectivity index (χ0) is 23.0. The molecule has 0 aliphatic carbocycles. The van der Waals surface area contributed by atoms with E-state index in [-0.39, 0.29) is 16.6 Å². The normalized spacial score (nSPS) is 13.7. The van der Waals surface area contributed by atoms with Crippen LogP contribution in [0.3, 0.4) is 0 Å². The number of imide groups is 1. The lowest BCUT2D eigenvalue weighted by Gasteiger charge is -2.18. The Balaban J connectivity index is 1.50. The molecule has 7 nitrogen and oxygen atoms in total. The number of nitrogens with zero attached hydrogens (tertiary/aromatic N) is 2. The van der Waals surface area contributed by atoms with Gasteiger partial charge in [0.1, 0.15) is 10.7 Å². The summed E-state index contributed by atoms with van der Waals surface area (Å²) in [7, 11) is 0. The van der Waals surface area contributed by atoms with Gasteiger partial charge in [-0.3, -0.25) is 19.7 Å². The van der Waals surface area contributed by atoms with Gasteiger partial charge in [0, 0.05) is 16.6 Å². The Morgan fingerprint density at radius 1 is 1.03 bits per heavy atom. The van der Waals surface area contributed by atoms with Crippen LogP contribution in [-0.4, -0.2) is 22.7 Å². The van der Waals surface area contributed by atoms with Crippen molar-refractivity contribution in [3.63, 3.8) is 0 Å². The lowest BCUT2D eigenvalue weighted by Crippen LogP contribution is -2.32. The predicted octanol–water partition coefficient (Wildman–Crippen LogP) is 4.76. The molecular formula is C23H19ClN4O3S. The summed E-state index contributed by atoms with van der Waals surface area (Å²) in [6.07, 6.45) is 0. The first-order valence-corrected chi connectivity index (χ1v) is 11.0. The Morgan fingerprint density at radius 3 is 2.38 bits per heavy atom. The number of rotatable bonds is 5. The zero-order valence-corrected chi connectivity index (χ0v) is 19.1. The molecule has 3 amide bonds. The number of thiazole rings is 1. The Morgan fingerprint density at radius 2 is 1.75 bits per heavy atom. The van der Waals surface area contributed by atoms with Crippen molar-refractivity contribution in [3.8, 4) is 0 Å². The first-order valence-electron chi connectivity index (χ1n) is 9.71. The standard InChI is InChI=1S/C23H19ClN4O3S/c1-12-4-9-17(13(2)10-12)28-21(30)18(24)19(22(28)31)26-16-7-5-15(6-8-16)20(29)27-23-25-14(3)11-32-23/h4-11,26H,1-3H3,(H,25,27,29). The molecule has 1 aromatic heterocycles. The van der Waals surface area contributed by atoms with Crippen LogP contribution in [0.15, 0.2) is 58.6 Å². The third kappa shape index (κ3) is 4.15. The number of carbonyl (C=O) groups is 3. The number of halogens is 1. The fraction of sp³-hybridized carbons (Fsp3) is 0.130. The van der Waals surface area contributed by atoms with Gasteiger partial charge in [-0.2, -0.15) is 0 Å². The molecule has 0 fully saturated rings. The van der Waals surface area contributed by atoms with E-state index in [2.05, 4.69) is 15.6 Å². The SMILES string of the molecule is Cc1ccc(N2C(=O)C(Cl)=C(Nc3ccc(C(=O)Nc4nc(C)cs4)cc3)C2=O)c(C)c1. The summed E-state index contributed by atoms with van der Waals surface area (Å²) in [5.41, 5.74) is 4.08. The van der Waals surface area contributed by atoms with Crippen molar-refractivity contribution in [3.05, 3.63) is 81.0 Å². The van der Waals surface area contributed by atoms with Gasteiger partial charge in [-0.15, -0.1) is 11.3 Å². The number of anilines is 3. The van der Waals surface area contributed by atoms with E-state index in [0.717, 1.165) is 21.7 Å². The molecule has 162 valence electrons. The number of amides is 3. The number of hydrogen-bond donors (Lipinski definition) is 2. The van der Waals surface area contributed by atoms with Gasteiger partial charge >= 0.3 is 0 Å². The molecule has 0 bridgehead atoms. The Bertz CT molecular complexity index is 1280. The zero-order valence-electron chi connectivity index (χ0n) is 17.5. The molecule has 3 aromatic rings. The van der Waals surface area contributed by atoms with Gasteiger partial charge in [0.05, 0.1) is 11.4 Å². The fourth-order valence-corrected chi connectivity index (χ4v) is 4.21. The van der Waals surface area contributed by atoms with E-state index in [4.69, 9.17) is 11.6 Å². The average molecular weight is 467 g/mol. The predicted molar refractivity (Wildman–Crippen MR) is 126 cm³/mol. The molecule has 0 atom stereocenters. The van der Waals surface area contributed by atoms with Crippen LogP contribution in [0.5, 0.6) is 0 Å². The van der Waals surface area contributed by atoms with E-state index >= 15 is 0 Å². The monoisotopic (exact) mass is 466 g/mol. The van der Waals surface area contributed by atoms with Crippen LogP contribution in [0, 0.1) is 20.8 Å². The van der Waals surface area contributed by atoms with Gasteiger partial charge in [-0.05, 0) is 56.7 Å². The summed E-state index contributed by atoms with van der Waals surface area (Å²) >= 11 is 7.56. The molecule has 0 unspecified atom stereocenters. The number of carbonyl (C=O) groups excluding carboxylic acids is 3. The van der Waals surface area contributed by atoms with Gasteiger partial charge in [0.25, 0.3) is 17.7 Å². The largest absolute Gasteiger partial charge is 0.350 e. The molecule has 1 aliphatic rings. The summed E-state index contributed by atoms with van der Waals surface area (Å²) in [5, 5.41) is 7.84. The van der Waals surface area contributed by atoms with E-state index in [1.54, 1.807) is 30.3 Å². The molecule has 0 radical (unpaired) electrons. The summed E-state index contributed by atoms with van der Waals surface area (Å²) in [6, 6.07) is 11.9. The molecule has 0 saturated carbocycles. The van der Waals surface area contributed by atoms with Crippen molar-refractivity contribution in [2.24, 2.45) is 0 Å². The van der Waals surface area contributed by atoms with Crippen LogP contribution >= 0.6 is 22.9 Å². The minimum Gasteiger partial charge on any atom is -0.350 e. The molecule has 4 rings (SSSR count). The van der Waals surface area contributed by atoms with Crippen molar-refractivity contribution >= 4 is 57.2 Å². The second-order valence-electron chi connectivity index (χ2n) is 7.38. The first kappa shape index (κ1) is 21.7. The minimum atomic E-state index is -0.583. The maximum absolute atomic E-state index is 13.0. The lowest BCUT2D eigenvalue weighted by atomic mass is 10.1. The second kappa shape index (κ2) is 8.57. The third-order valence-corrected chi connectivity index (χ3v) is 6.10. The maximum atomic E-state index is 13.0. The summed E-state index contributed by atoms with van der Waals surface area (Å²) in [6.45, 7) is 5.62. The molecule has 2 aromatic carbocycles. The van der Waals surface area contributed by atoms with Crippen LogP contribution in [0.1, 0.15) is 27.2 Å². The summed E-state index contributed by atoms with van der Waals surface area (Å²) in [4.78, 5) is 43.3. The summed E-state index contributed by atoms with van der Waals surface area (Å²) in [5.74, 6) is -1.41. The van der Waals surface area contributed by atoms with Gasteiger partial charge < -0.3 is 5.32 Å². The number of benzene rings is 2. The highest BCUT2D eigenvalue weighted by atomic mass is 35.5. The molecular weight excluding hydrogens is 448 g/mol. The lowest BCUT2D eigenvalue weighted by molar-refractivity contribution is -0.120. The fourth-order valence-electron chi connectivity index (χ4n) is 3.32. The van der Waals surface area contributed by atoms with Crippen molar-refractivity contribution in [1.82, 2.24) is 4.98 Å². The molecule has 0 spiro atoms. The van der Waals surface area contributed by atoms with E-state index in [1.165, 1.54) is 11.3 Å². The van der Waals surface area contributed by atoms with Crippen LogP contribution in [0.25, 0.3) is 0 Å². The summed E-state index contributed by atoms with van der Waals surface area (Å²) < 4.78 is 0. The number of aryl methyl sites for hydroxylation is 3. The average Bonchev–Trinajstić information content (AvgIpc) is 3.25. The second-order valence-corrected chi connectivity index (χ2v) is 8.61. The van der Waals surface area contributed by atoms with Gasteiger partial charge in [-0.1, -0.05) is 29.3 Å². The highest BCUT2D eigenvalue weighted by Gasteiger charge is 2.39. The molecule has 32 heavy (non-hydrogen) atoms.